The second-order valence-corrected chi connectivity index (χ2v) is 4.94. The molecule has 0 aliphatic carbocycles. The predicted molar refractivity (Wildman–Crippen MR) is 66.4 cm³/mol. The SMILES string of the molecule is CC(C)C[C@@H](Nc1ccc(Br)cn1)C(=O)O. The summed E-state index contributed by atoms with van der Waals surface area (Å²) in [5.41, 5.74) is 0. The number of anilines is 1. The lowest BCUT2D eigenvalue weighted by Gasteiger charge is -2.16. The summed E-state index contributed by atoms with van der Waals surface area (Å²) in [5.74, 6) is 0.0544. The van der Waals surface area contributed by atoms with Crippen LogP contribution in [0.15, 0.2) is 22.8 Å². The van der Waals surface area contributed by atoms with Crippen LogP contribution in [0.25, 0.3) is 0 Å². The van der Waals surface area contributed by atoms with E-state index in [1.165, 1.54) is 0 Å². The first-order chi connectivity index (χ1) is 7.49. The van der Waals surface area contributed by atoms with Crippen molar-refractivity contribution in [2.24, 2.45) is 5.92 Å². The molecule has 1 heterocycles. The number of carbonyl (C=O) groups is 1. The highest BCUT2D eigenvalue weighted by molar-refractivity contribution is 9.10. The summed E-state index contributed by atoms with van der Waals surface area (Å²) in [4.78, 5) is 15.1. The second kappa shape index (κ2) is 5.84. The molecule has 0 radical (unpaired) electrons. The van der Waals surface area contributed by atoms with Gasteiger partial charge in [-0.3, -0.25) is 0 Å². The molecular weight excluding hydrogens is 272 g/mol. The van der Waals surface area contributed by atoms with Crippen LogP contribution in [-0.2, 0) is 4.79 Å². The number of nitrogens with one attached hydrogen (secondary N) is 1. The van der Waals surface area contributed by atoms with Crippen molar-refractivity contribution >= 4 is 27.7 Å². The Morgan fingerprint density at radius 2 is 2.25 bits per heavy atom. The summed E-state index contributed by atoms with van der Waals surface area (Å²) >= 11 is 3.27. The number of hydrogen-bond acceptors (Lipinski definition) is 3. The first-order valence-corrected chi connectivity index (χ1v) is 5.89. The third-order valence-electron chi connectivity index (χ3n) is 2.05. The van der Waals surface area contributed by atoms with Gasteiger partial charge in [0.05, 0.1) is 0 Å². The number of aliphatic carboxylic acids is 1. The van der Waals surface area contributed by atoms with Crippen molar-refractivity contribution in [3.05, 3.63) is 22.8 Å². The number of halogens is 1. The maximum atomic E-state index is 11.0. The van der Waals surface area contributed by atoms with E-state index in [9.17, 15) is 4.79 Å². The average Bonchev–Trinajstić information content (AvgIpc) is 2.19. The van der Waals surface area contributed by atoms with Crippen molar-refractivity contribution < 1.29 is 9.90 Å². The second-order valence-electron chi connectivity index (χ2n) is 4.03. The van der Waals surface area contributed by atoms with Crippen molar-refractivity contribution in [1.29, 1.82) is 0 Å². The molecule has 2 N–H and O–H groups in total. The van der Waals surface area contributed by atoms with Crippen LogP contribution in [0.5, 0.6) is 0 Å². The summed E-state index contributed by atoms with van der Waals surface area (Å²) in [6, 6.07) is 2.98. The van der Waals surface area contributed by atoms with Gasteiger partial charge in [0.25, 0.3) is 0 Å². The lowest BCUT2D eigenvalue weighted by molar-refractivity contribution is -0.138. The Balaban J connectivity index is 2.68. The fraction of sp³-hybridized carbons (Fsp3) is 0.455. The minimum absolute atomic E-state index is 0.323. The highest BCUT2D eigenvalue weighted by Gasteiger charge is 2.18. The quantitative estimate of drug-likeness (QED) is 0.874. The maximum Gasteiger partial charge on any atom is 0.326 e. The molecule has 1 aromatic rings. The average molecular weight is 287 g/mol. The van der Waals surface area contributed by atoms with E-state index in [1.54, 1.807) is 12.3 Å². The zero-order valence-electron chi connectivity index (χ0n) is 9.27. The van der Waals surface area contributed by atoms with E-state index >= 15 is 0 Å². The van der Waals surface area contributed by atoms with E-state index in [1.807, 2.05) is 19.9 Å². The zero-order valence-corrected chi connectivity index (χ0v) is 10.9. The van der Waals surface area contributed by atoms with E-state index in [0.717, 1.165) is 4.47 Å². The fourth-order valence-corrected chi connectivity index (χ4v) is 1.57. The topological polar surface area (TPSA) is 62.2 Å². The normalized spacial score (nSPS) is 12.5. The molecule has 5 heteroatoms. The molecule has 1 atom stereocenters. The molecule has 0 aliphatic heterocycles. The molecule has 0 aromatic carbocycles. The number of rotatable bonds is 5. The number of carboxylic acid groups (broad SMARTS) is 1. The van der Waals surface area contributed by atoms with Gasteiger partial charge in [-0.25, -0.2) is 9.78 Å². The summed E-state index contributed by atoms with van der Waals surface area (Å²) in [5, 5.41) is 11.9. The van der Waals surface area contributed by atoms with Crippen LogP contribution in [0.3, 0.4) is 0 Å². The van der Waals surface area contributed by atoms with Gasteiger partial charge in [-0.2, -0.15) is 0 Å². The Bertz CT molecular complexity index is 352. The van der Waals surface area contributed by atoms with Gasteiger partial charge >= 0.3 is 5.97 Å². The molecule has 0 spiro atoms. The number of aromatic nitrogens is 1. The van der Waals surface area contributed by atoms with Gasteiger partial charge < -0.3 is 10.4 Å². The van der Waals surface area contributed by atoms with Gasteiger partial charge in [-0.05, 0) is 40.4 Å². The molecule has 0 fully saturated rings. The van der Waals surface area contributed by atoms with Gasteiger partial charge in [0.1, 0.15) is 11.9 Å². The third-order valence-corrected chi connectivity index (χ3v) is 2.52. The summed E-state index contributed by atoms with van der Waals surface area (Å²) in [7, 11) is 0. The number of hydrogen-bond donors (Lipinski definition) is 2. The molecule has 4 nitrogen and oxygen atoms in total. The Labute approximate surface area is 103 Å². The molecule has 0 aliphatic rings. The fourth-order valence-electron chi connectivity index (χ4n) is 1.33. The molecule has 1 rings (SSSR count). The van der Waals surface area contributed by atoms with Crippen LogP contribution < -0.4 is 5.32 Å². The van der Waals surface area contributed by atoms with E-state index in [2.05, 4.69) is 26.2 Å². The van der Waals surface area contributed by atoms with Crippen LogP contribution in [0, 0.1) is 5.92 Å². The van der Waals surface area contributed by atoms with Crippen molar-refractivity contribution in [2.45, 2.75) is 26.3 Å². The summed E-state index contributed by atoms with van der Waals surface area (Å²) < 4.78 is 0.869. The highest BCUT2D eigenvalue weighted by atomic mass is 79.9. The van der Waals surface area contributed by atoms with Gasteiger partial charge in [0.15, 0.2) is 0 Å². The van der Waals surface area contributed by atoms with Crippen molar-refractivity contribution in [3.8, 4) is 0 Å². The van der Waals surface area contributed by atoms with Gasteiger partial charge in [0, 0.05) is 10.7 Å². The van der Waals surface area contributed by atoms with E-state index in [0.29, 0.717) is 18.2 Å². The molecule has 0 unspecified atom stereocenters. The van der Waals surface area contributed by atoms with Crippen LogP contribution >= 0.6 is 15.9 Å². The van der Waals surface area contributed by atoms with Crippen LogP contribution in [-0.4, -0.2) is 22.1 Å². The van der Waals surface area contributed by atoms with Gasteiger partial charge in [-0.1, -0.05) is 13.8 Å². The summed E-state index contributed by atoms with van der Waals surface area (Å²) in [6.45, 7) is 3.99. The molecule has 0 saturated carbocycles. The van der Waals surface area contributed by atoms with Crippen LogP contribution in [0.1, 0.15) is 20.3 Å². The predicted octanol–water partition coefficient (Wildman–Crippen LogP) is 2.76. The number of pyridine rings is 1. The standard InChI is InChI=1S/C11H15BrN2O2/c1-7(2)5-9(11(15)16)14-10-4-3-8(12)6-13-10/h3-4,6-7,9H,5H2,1-2H3,(H,13,14)(H,15,16)/t9-/m1/s1. The number of nitrogens with zero attached hydrogens (tertiary/aromatic N) is 1. The minimum atomic E-state index is -0.849. The largest absolute Gasteiger partial charge is 0.480 e. The Morgan fingerprint density at radius 1 is 1.56 bits per heavy atom. The Hall–Kier alpha value is -1.10. The molecule has 0 bridgehead atoms. The molecule has 16 heavy (non-hydrogen) atoms. The first-order valence-electron chi connectivity index (χ1n) is 5.10. The lowest BCUT2D eigenvalue weighted by atomic mass is 10.0. The molecular formula is C11H15BrN2O2. The van der Waals surface area contributed by atoms with Crippen molar-refractivity contribution in [2.75, 3.05) is 5.32 Å². The van der Waals surface area contributed by atoms with Crippen molar-refractivity contribution in [3.63, 3.8) is 0 Å². The monoisotopic (exact) mass is 286 g/mol. The van der Waals surface area contributed by atoms with Gasteiger partial charge in [-0.15, -0.1) is 0 Å². The molecule has 88 valence electrons. The van der Waals surface area contributed by atoms with E-state index in [-0.39, 0.29) is 0 Å². The van der Waals surface area contributed by atoms with E-state index in [4.69, 9.17) is 5.11 Å². The highest BCUT2D eigenvalue weighted by Crippen LogP contribution is 2.14. The minimum Gasteiger partial charge on any atom is -0.480 e. The molecule has 1 aromatic heterocycles. The molecule has 0 saturated heterocycles. The molecule has 0 amide bonds. The maximum absolute atomic E-state index is 11.0. The summed E-state index contributed by atoms with van der Waals surface area (Å²) in [6.07, 6.45) is 2.21. The smallest absolute Gasteiger partial charge is 0.326 e. The van der Waals surface area contributed by atoms with Gasteiger partial charge in [0.2, 0.25) is 0 Å². The van der Waals surface area contributed by atoms with Crippen molar-refractivity contribution in [1.82, 2.24) is 4.98 Å². The lowest BCUT2D eigenvalue weighted by Crippen LogP contribution is -2.31. The van der Waals surface area contributed by atoms with Crippen LogP contribution in [0.2, 0.25) is 0 Å². The number of carboxylic acids is 1. The van der Waals surface area contributed by atoms with E-state index < -0.39 is 12.0 Å². The van der Waals surface area contributed by atoms with Crippen LogP contribution in [0.4, 0.5) is 5.82 Å². The Kier molecular flexibility index (Phi) is 4.73. The Morgan fingerprint density at radius 3 is 2.69 bits per heavy atom. The first kappa shape index (κ1) is 13.0. The third kappa shape index (κ3) is 4.18. The zero-order chi connectivity index (χ0) is 12.1.